The molecule has 0 bridgehead atoms. The molecule has 0 aliphatic carbocycles. The van der Waals surface area contributed by atoms with Crippen molar-refractivity contribution in [1.82, 2.24) is 0 Å². The minimum absolute atomic E-state index is 0.634. The molecule has 0 nitrogen and oxygen atoms in total. The first-order valence-corrected chi connectivity index (χ1v) is 5.54. The molecular formula is C14H21. The molecule has 1 aromatic rings. The fourth-order valence-corrected chi connectivity index (χ4v) is 1.91. The predicted molar refractivity (Wildman–Crippen MR) is 63.6 cm³/mol. The van der Waals surface area contributed by atoms with Gasteiger partial charge in [-0.3, -0.25) is 0 Å². The third kappa shape index (κ3) is 2.60. The van der Waals surface area contributed by atoms with Gasteiger partial charge in [0.2, 0.25) is 0 Å². The Morgan fingerprint density at radius 1 is 1.29 bits per heavy atom. The van der Waals surface area contributed by atoms with Gasteiger partial charge in [-0.1, -0.05) is 45.4 Å². The largest absolute Gasteiger partial charge is 0.0617 e. The van der Waals surface area contributed by atoms with E-state index in [1.165, 1.54) is 24.0 Å². The molecule has 1 aromatic carbocycles. The Bertz CT molecular complexity index is 284. The van der Waals surface area contributed by atoms with Crippen molar-refractivity contribution in [3.8, 4) is 0 Å². The third-order valence-electron chi connectivity index (χ3n) is 2.75. The van der Waals surface area contributed by atoms with E-state index in [4.69, 9.17) is 0 Å². The van der Waals surface area contributed by atoms with Crippen molar-refractivity contribution < 1.29 is 0 Å². The van der Waals surface area contributed by atoms with E-state index in [2.05, 4.69) is 45.9 Å². The first-order chi connectivity index (χ1) is 6.66. The standard InChI is InChI=1S/C14H21/c1-5-6-9-14-12(4)8-7-10-13(14)11(2)3/h7-8,10-11H,1,5-6,9H2,2-4H3. The normalized spacial score (nSPS) is 10.9. The van der Waals surface area contributed by atoms with Crippen molar-refractivity contribution in [1.29, 1.82) is 0 Å². The maximum absolute atomic E-state index is 3.90. The summed E-state index contributed by atoms with van der Waals surface area (Å²) in [5, 5.41) is 0. The molecule has 1 rings (SSSR count). The van der Waals surface area contributed by atoms with Crippen molar-refractivity contribution in [2.45, 2.75) is 46.0 Å². The summed E-state index contributed by atoms with van der Waals surface area (Å²) in [6.07, 6.45) is 3.42. The lowest BCUT2D eigenvalue weighted by Crippen LogP contribution is -1.99. The highest BCUT2D eigenvalue weighted by atomic mass is 14.1. The minimum atomic E-state index is 0.634. The number of rotatable bonds is 4. The van der Waals surface area contributed by atoms with Gasteiger partial charge >= 0.3 is 0 Å². The molecule has 0 spiro atoms. The highest BCUT2D eigenvalue weighted by molar-refractivity contribution is 5.36. The maximum atomic E-state index is 3.90. The van der Waals surface area contributed by atoms with E-state index in [9.17, 15) is 0 Å². The predicted octanol–water partition coefficient (Wildman–Crippen LogP) is 4.28. The summed E-state index contributed by atoms with van der Waals surface area (Å²) in [7, 11) is 0. The Morgan fingerprint density at radius 2 is 2.00 bits per heavy atom. The summed E-state index contributed by atoms with van der Waals surface area (Å²) in [6.45, 7) is 10.7. The quantitative estimate of drug-likeness (QED) is 0.663. The van der Waals surface area contributed by atoms with Crippen LogP contribution < -0.4 is 0 Å². The molecule has 14 heavy (non-hydrogen) atoms. The van der Waals surface area contributed by atoms with Gasteiger partial charge in [0.25, 0.3) is 0 Å². The summed E-state index contributed by atoms with van der Waals surface area (Å²) in [5.74, 6) is 0.634. The zero-order chi connectivity index (χ0) is 10.6. The maximum Gasteiger partial charge on any atom is -0.0216 e. The molecule has 0 aliphatic heterocycles. The van der Waals surface area contributed by atoms with Crippen LogP contribution >= 0.6 is 0 Å². The highest BCUT2D eigenvalue weighted by Gasteiger charge is 2.07. The Kier molecular flexibility index (Phi) is 4.19. The lowest BCUT2D eigenvalue weighted by Gasteiger charge is -2.15. The zero-order valence-corrected chi connectivity index (χ0v) is 9.64. The Labute approximate surface area is 88.4 Å². The first kappa shape index (κ1) is 11.3. The van der Waals surface area contributed by atoms with Crippen molar-refractivity contribution in [2.75, 3.05) is 0 Å². The second-order valence-corrected chi connectivity index (χ2v) is 4.25. The molecule has 0 atom stereocenters. The number of benzene rings is 1. The van der Waals surface area contributed by atoms with Crippen LogP contribution in [0.15, 0.2) is 18.2 Å². The molecular weight excluding hydrogens is 168 g/mol. The second-order valence-electron chi connectivity index (χ2n) is 4.25. The van der Waals surface area contributed by atoms with Gasteiger partial charge in [0.15, 0.2) is 0 Å². The monoisotopic (exact) mass is 189 g/mol. The molecule has 0 heterocycles. The Balaban J connectivity index is 2.96. The molecule has 0 heteroatoms. The summed E-state index contributed by atoms with van der Waals surface area (Å²) in [6, 6.07) is 6.64. The summed E-state index contributed by atoms with van der Waals surface area (Å²) in [5.41, 5.74) is 4.49. The van der Waals surface area contributed by atoms with Crippen LogP contribution in [0.5, 0.6) is 0 Å². The Morgan fingerprint density at radius 3 is 2.57 bits per heavy atom. The lowest BCUT2D eigenvalue weighted by atomic mass is 9.91. The Hall–Kier alpha value is -0.780. The molecule has 0 N–H and O–H groups in total. The second kappa shape index (κ2) is 5.19. The van der Waals surface area contributed by atoms with E-state index in [0.29, 0.717) is 5.92 Å². The number of hydrogen-bond donors (Lipinski definition) is 0. The van der Waals surface area contributed by atoms with Gasteiger partial charge in [-0.15, -0.1) is 0 Å². The van der Waals surface area contributed by atoms with E-state index in [0.717, 1.165) is 6.42 Å². The fourth-order valence-electron chi connectivity index (χ4n) is 1.91. The van der Waals surface area contributed by atoms with Gasteiger partial charge in [0.05, 0.1) is 0 Å². The van der Waals surface area contributed by atoms with E-state index >= 15 is 0 Å². The van der Waals surface area contributed by atoms with Gasteiger partial charge in [-0.2, -0.15) is 0 Å². The molecule has 0 fully saturated rings. The summed E-state index contributed by atoms with van der Waals surface area (Å²) < 4.78 is 0. The molecule has 0 saturated heterocycles. The van der Waals surface area contributed by atoms with Crippen LogP contribution in [-0.4, -0.2) is 0 Å². The van der Waals surface area contributed by atoms with E-state index in [1.54, 1.807) is 5.56 Å². The summed E-state index contributed by atoms with van der Waals surface area (Å²) >= 11 is 0. The molecule has 0 aliphatic rings. The van der Waals surface area contributed by atoms with Crippen molar-refractivity contribution in [3.05, 3.63) is 41.8 Å². The van der Waals surface area contributed by atoms with Gasteiger partial charge < -0.3 is 0 Å². The van der Waals surface area contributed by atoms with Gasteiger partial charge in [0.1, 0.15) is 0 Å². The third-order valence-corrected chi connectivity index (χ3v) is 2.75. The van der Waals surface area contributed by atoms with Crippen LogP contribution in [0.25, 0.3) is 0 Å². The van der Waals surface area contributed by atoms with Crippen LogP contribution in [0.3, 0.4) is 0 Å². The van der Waals surface area contributed by atoms with Crippen molar-refractivity contribution in [2.24, 2.45) is 0 Å². The van der Waals surface area contributed by atoms with E-state index in [-0.39, 0.29) is 0 Å². The molecule has 0 aromatic heterocycles. The van der Waals surface area contributed by atoms with Crippen LogP contribution in [0, 0.1) is 13.8 Å². The smallest absolute Gasteiger partial charge is 0.0216 e. The zero-order valence-electron chi connectivity index (χ0n) is 9.64. The average molecular weight is 189 g/mol. The number of aryl methyl sites for hydroxylation is 1. The molecule has 0 unspecified atom stereocenters. The fraction of sp³-hybridized carbons (Fsp3) is 0.500. The average Bonchev–Trinajstić information content (AvgIpc) is 2.15. The van der Waals surface area contributed by atoms with E-state index in [1.807, 2.05) is 0 Å². The van der Waals surface area contributed by atoms with Crippen molar-refractivity contribution >= 4 is 0 Å². The molecule has 0 amide bonds. The van der Waals surface area contributed by atoms with Crippen LogP contribution in [0.1, 0.15) is 49.3 Å². The van der Waals surface area contributed by atoms with Crippen LogP contribution in [0.4, 0.5) is 0 Å². The minimum Gasteiger partial charge on any atom is -0.0617 e. The van der Waals surface area contributed by atoms with Crippen molar-refractivity contribution in [3.63, 3.8) is 0 Å². The van der Waals surface area contributed by atoms with Crippen LogP contribution in [-0.2, 0) is 6.42 Å². The van der Waals surface area contributed by atoms with Crippen LogP contribution in [0.2, 0.25) is 0 Å². The van der Waals surface area contributed by atoms with Gasteiger partial charge in [0, 0.05) is 0 Å². The topological polar surface area (TPSA) is 0 Å². The number of hydrogen-bond acceptors (Lipinski definition) is 0. The SMILES string of the molecule is [CH2]CCCc1c(C)cccc1C(C)C. The first-order valence-electron chi connectivity index (χ1n) is 5.54. The van der Waals surface area contributed by atoms with Gasteiger partial charge in [-0.25, -0.2) is 0 Å². The lowest BCUT2D eigenvalue weighted by molar-refractivity contribution is 0.788. The molecule has 0 saturated carbocycles. The molecule has 77 valence electrons. The molecule has 1 radical (unpaired) electrons. The van der Waals surface area contributed by atoms with E-state index < -0.39 is 0 Å². The summed E-state index contributed by atoms with van der Waals surface area (Å²) in [4.78, 5) is 0. The number of unbranched alkanes of at least 4 members (excludes halogenated alkanes) is 1. The highest BCUT2D eigenvalue weighted by Crippen LogP contribution is 2.23. The van der Waals surface area contributed by atoms with Gasteiger partial charge in [-0.05, 0) is 42.4 Å².